The van der Waals surface area contributed by atoms with E-state index in [9.17, 15) is 10.2 Å². The average molecular weight is 234 g/mol. The van der Waals surface area contributed by atoms with Crippen molar-refractivity contribution in [1.82, 2.24) is 0 Å². The molecule has 1 aliphatic carbocycles. The predicted octanol–water partition coefficient (Wildman–Crippen LogP) is 2.02. The van der Waals surface area contributed by atoms with Gasteiger partial charge in [0.25, 0.3) is 0 Å². The SMILES string of the molecule is C=C1C(O)CC[C@H]1COC(O)c1ccccc1. The molecule has 0 radical (unpaired) electrons. The summed E-state index contributed by atoms with van der Waals surface area (Å²) in [5.74, 6) is 0.156. The summed E-state index contributed by atoms with van der Waals surface area (Å²) in [5.41, 5.74) is 1.57. The zero-order valence-corrected chi connectivity index (χ0v) is 9.75. The van der Waals surface area contributed by atoms with Gasteiger partial charge >= 0.3 is 0 Å². The van der Waals surface area contributed by atoms with Crippen molar-refractivity contribution >= 4 is 0 Å². The fourth-order valence-electron chi connectivity index (χ4n) is 2.11. The molecule has 2 N–H and O–H groups in total. The number of aliphatic hydroxyl groups is 2. The van der Waals surface area contributed by atoms with E-state index in [0.29, 0.717) is 6.61 Å². The van der Waals surface area contributed by atoms with Crippen molar-refractivity contribution in [2.24, 2.45) is 5.92 Å². The van der Waals surface area contributed by atoms with E-state index < -0.39 is 12.4 Å². The van der Waals surface area contributed by atoms with Crippen LogP contribution in [0.1, 0.15) is 24.7 Å². The zero-order chi connectivity index (χ0) is 12.3. The lowest BCUT2D eigenvalue weighted by Crippen LogP contribution is -2.14. The Hall–Kier alpha value is -1.16. The Morgan fingerprint density at radius 2 is 2.00 bits per heavy atom. The third-order valence-electron chi connectivity index (χ3n) is 3.28. The highest BCUT2D eigenvalue weighted by Gasteiger charge is 2.27. The Kier molecular flexibility index (Phi) is 3.94. The van der Waals surface area contributed by atoms with Crippen molar-refractivity contribution in [2.75, 3.05) is 6.61 Å². The summed E-state index contributed by atoms with van der Waals surface area (Å²) in [6.45, 7) is 4.26. The Morgan fingerprint density at radius 1 is 1.29 bits per heavy atom. The minimum atomic E-state index is -0.901. The van der Waals surface area contributed by atoms with Crippen molar-refractivity contribution in [2.45, 2.75) is 25.2 Å². The van der Waals surface area contributed by atoms with Gasteiger partial charge in [-0.3, -0.25) is 0 Å². The van der Waals surface area contributed by atoms with Crippen molar-refractivity contribution in [3.63, 3.8) is 0 Å². The number of ether oxygens (including phenoxy) is 1. The third-order valence-corrected chi connectivity index (χ3v) is 3.28. The van der Waals surface area contributed by atoms with Gasteiger partial charge in [-0.05, 0) is 18.4 Å². The molecule has 0 amide bonds. The van der Waals surface area contributed by atoms with Gasteiger partial charge in [-0.1, -0.05) is 36.9 Å². The Bertz CT molecular complexity index is 374. The second-order valence-corrected chi connectivity index (χ2v) is 4.46. The molecule has 17 heavy (non-hydrogen) atoms. The fourth-order valence-corrected chi connectivity index (χ4v) is 2.11. The van der Waals surface area contributed by atoms with Crippen LogP contribution in [0.25, 0.3) is 0 Å². The number of aliphatic hydroxyl groups excluding tert-OH is 2. The summed E-state index contributed by atoms with van der Waals surface area (Å²) >= 11 is 0. The van der Waals surface area contributed by atoms with Gasteiger partial charge in [0, 0.05) is 11.5 Å². The summed E-state index contributed by atoms with van der Waals surface area (Å²) in [5, 5.41) is 19.4. The maximum absolute atomic E-state index is 9.82. The monoisotopic (exact) mass is 234 g/mol. The van der Waals surface area contributed by atoms with E-state index in [0.717, 1.165) is 24.0 Å². The summed E-state index contributed by atoms with van der Waals surface area (Å²) in [7, 11) is 0. The highest BCUT2D eigenvalue weighted by molar-refractivity contribution is 5.16. The smallest absolute Gasteiger partial charge is 0.181 e. The van der Waals surface area contributed by atoms with E-state index in [1.54, 1.807) is 0 Å². The van der Waals surface area contributed by atoms with Crippen molar-refractivity contribution in [3.05, 3.63) is 48.0 Å². The summed E-state index contributed by atoms with van der Waals surface area (Å²) in [4.78, 5) is 0. The second-order valence-electron chi connectivity index (χ2n) is 4.46. The highest BCUT2D eigenvalue weighted by atomic mass is 16.6. The Morgan fingerprint density at radius 3 is 2.59 bits per heavy atom. The average Bonchev–Trinajstić information content (AvgIpc) is 2.68. The molecule has 3 nitrogen and oxygen atoms in total. The van der Waals surface area contributed by atoms with Crippen LogP contribution in [0.3, 0.4) is 0 Å². The van der Waals surface area contributed by atoms with Gasteiger partial charge in [0.05, 0.1) is 12.7 Å². The summed E-state index contributed by atoms with van der Waals surface area (Å²) < 4.78 is 5.41. The maximum atomic E-state index is 9.82. The molecule has 1 aromatic rings. The molecule has 0 aliphatic heterocycles. The van der Waals surface area contributed by atoms with Crippen LogP contribution in [0.5, 0.6) is 0 Å². The summed E-state index contributed by atoms with van der Waals surface area (Å²) in [6.07, 6.45) is 0.315. The first-order valence-corrected chi connectivity index (χ1v) is 5.90. The normalized spacial score (nSPS) is 26.1. The van der Waals surface area contributed by atoms with E-state index in [1.807, 2.05) is 30.3 Å². The van der Waals surface area contributed by atoms with Gasteiger partial charge in [-0.2, -0.15) is 0 Å². The first-order valence-electron chi connectivity index (χ1n) is 5.90. The number of hydrogen-bond donors (Lipinski definition) is 2. The molecular formula is C14H18O3. The van der Waals surface area contributed by atoms with Crippen LogP contribution in [-0.4, -0.2) is 22.9 Å². The molecule has 2 unspecified atom stereocenters. The molecule has 92 valence electrons. The number of hydrogen-bond acceptors (Lipinski definition) is 3. The molecule has 0 saturated heterocycles. The van der Waals surface area contributed by atoms with Gasteiger partial charge in [0.15, 0.2) is 6.29 Å². The van der Waals surface area contributed by atoms with Crippen LogP contribution >= 0.6 is 0 Å². The molecule has 1 saturated carbocycles. The van der Waals surface area contributed by atoms with Crippen LogP contribution in [-0.2, 0) is 4.74 Å². The van der Waals surface area contributed by atoms with Crippen LogP contribution in [0.2, 0.25) is 0 Å². The summed E-state index contributed by atoms with van der Waals surface area (Å²) in [6, 6.07) is 9.26. The van der Waals surface area contributed by atoms with Crippen molar-refractivity contribution in [1.29, 1.82) is 0 Å². The molecular weight excluding hydrogens is 216 g/mol. The van der Waals surface area contributed by atoms with E-state index in [1.165, 1.54) is 0 Å². The molecule has 0 aromatic heterocycles. The number of benzene rings is 1. The largest absolute Gasteiger partial charge is 0.389 e. The van der Waals surface area contributed by atoms with E-state index in [4.69, 9.17) is 4.74 Å². The molecule has 2 rings (SSSR count). The van der Waals surface area contributed by atoms with Crippen molar-refractivity contribution in [3.8, 4) is 0 Å². The second kappa shape index (κ2) is 5.45. The highest BCUT2D eigenvalue weighted by Crippen LogP contribution is 2.31. The minimum absolute atomic E-state index is 0.156. The zero-order valence-electron chi connectivity index (χ0n) is 9.75. The van der Waals surface area contributed by atoms with Crippen LogP contribution in [0.15, 0.2) is 42.5 Å². The van der Waals surface area contributed by atoms with Crippen LogP contribution < -0.4 is 0 Å². The number of rotatable bonds is 4. The lowest BCUT2D eigenvalue weighted by Gasteiger charge is -2.17. The van der Waals surface area contributed by atoms with E-state index in [2.05, 4.69) is 6.58 Å². The first kappa shape index (κ1) is 12.3. The van der Waals surface area contributed by atoms with Gasteiger partial charge in [-0.15, -0.1) is 0 Å². The predicted molar refractivity (Wildman–Crippen MR) is 65.2 cm³/mol. The van der Waals surface area contributed by atoms with E-state index >= 15 is 0 Å². The molecule has 0 bridgehead atoms. The van der Waals surface area contributed by atoms with Gasteiger partial charge in [0.2, 0.25) is 0 Å². The standard InChI is InChI=1S/C14H18O3/c1-10-12(7-8-13(10)15)9-17-14(16)11-5-3-2-4-6-11/h2-6,12-16H,1,7-9H2/t12-,13?,14?/m0/s1. The van der Waals surface area contributed by atoms with Gasteiger partial charge in [0.1, 0.15) is 0 Å². The molecule has 3 atom stereocenters. The molecule has 3 heteroatoms. The van der Waals surface area contributed by atoms with Crippen LogP contribution in [0.4, 0.5) is 0 Å². The Balaban J connectivity index is 1.85. The lowest BCUT2D eigenvalue weighted by atomic mass is 10.1. The first-order chi connectivity index (χ1) is 8.18. The van der Waals surface area contributed by atoms with Gasteiger partial charge in [-0.25, -0.2) is 0 Å². The Labute approximate surface area is 101 Å². The maximum Gasteiger partial charge on any atom is 0.181 e. The molecule has 0 spiro atoms. The quantitative estimate of drug-likeness (QED) is 0.619. The van der Waals surface area contributed by atoms with Gasteiger partial charge < -0.3 is 14.9 Å². The van der Waals surface area contributed by atoms with E-state index in [-0.39, 0.29) is 5.92 Å². The fraction of sp³-hybridized carbons (Fsp3) is 0.429. The molecule has 1 fully saturated rings. The molecule has 1 aliphatic rings. The molecule has 0 heterocycles. The minimum Gasteiger partial charge on any atom is -0.389 e. The van der Waals surface area contributed by atoms with Crippen molar-refractivity contribution < 1.29 is 14.9 Å². The third kappa shape index (κ3) is 2.94. The molecule has 1 aromatic carbocycles. The topological polar surface area (TPSA) is 49.7 Å². The lowest BCUT2D eigenvalue weighted by molar-refractivity contribution is -0.110. The van der Waals surface area contributed by atoms with Crippen LogP contribution in [0, 0.1) is 5.92 Å².